The highest BCUT2D eigenvalue weighted by Gasteiger charge is 2.19. The maximum Gasteiger partial charge on any atom is 0.310 e. The van der Waals surface area contributed by atoms with Crippen molar-refractivity contribution in [2.24, 2.45) is 0 Å². The first kappa shape index (κ1) is 14.5. The largest absolute Gasteiger partial charge is 0.496 e. The first-order valence-electron chi connectivity index (χ1n) is 6.02. The predicted molar refractivity (Wildman–Crippen MR) is 67.4 cm³/mol. The summed E-state index contributed by atoms with van der Waals surface area (Å²) in [6.45, 7) is 5.81. The quantitative estimate of drug-likeness (QED) is 0.757. The van der Waals surface area contributed by atoms with Gasteiger partial charge in [-0.2, -0.15) is 0 Å². The van der Waals surface area contributed by atoms with E-state index >= 15 is 0 Å². The molecule has 0 N–H and O–H groups in total. The lowest BCUT2D eigenvalue weighted by atomic mass is 9.98. The summed E-state index contributed by atoms with van der Waals surface area (Å²) in [5.41, 5.74) is 0.845. The SMILES string of the molecule is CCOC(=O)Cc1c(OC)ccc(C(C)C)c1F. The van der Waals surface area contributed by atoms with E-state index in [1.165, 1.54) is 7.11 Å². The lowest BCUT2D eigenvalue weighted by Gasteiger charge is -2.14. The van der Waals surface area contributed by atoms with Gasteiger partial charge in [0, 0.05) is 5.56 Å². The number of esters is 1. The monoisotopic (exact) mass is 254 g/mol. The van der Waals surface area contributed by atoms with Gasteiger partial charge in [0.15, 0.2) is 0 Å². The molecular weight excluding hydrogens is 235 g/mol. The Hall–Kier alpha value is -1.58. The van der Waals surface area contributed by atoms with Gasteiger partial charge in [0.25, 0.3) is 0 Å². The highest BCUT2D eigenvalue weighted by Crippen LogP contribution is 2.29. The minimum Gasteiger partial charge on any atom is -0.496 e. The Morgan fingerprint density at radius 3 is 2.56 bits per heavy atom. The summed E-state index contributed by atoms with van der Waals surface area (Å²) in [6, 6.07) is 3.38. The molecule has 0 radical (unpaired) electrons. The summed E-state index contributed by atoms with van der Waals surface area (Å²) in [5, 5.41) is 0. The third-order valence-electron chi connectivity index (χ3n) is 2.70. The first-order chi connectivity index (χ1) is 8.51. The molecule has 0 unspecified atom stereocenters. The van der Waals surface area contributed by atoms with E-state index in [9.17, 15) is 9.18 Å². The van der Waals surface area contributed by atoms with Gasteiger partial charge in [0.1, 0.15) is 11.6 Å². The molecule has 4 heteroatoms. The molecule has 1 rings (SSSR count). The fourth-order valence-electron chi connectivity index (χ4n) is 1.78. The second-order valence-corrected chi connectivity index (χ2v) is 4.29. The molecular formula is C14H19FO3. The minimum absolute atomic E-state index is 0.0526. The van der Waals surface area contributed by atoms with Crippen LogP contribution in [-0.2, 0) is 16.0 Å². The summed E-state index contributed by atoms with van der Waals surface area (Å²) in [4.78, 5) is 11.5. The van der Waals surface area contributed by atoms with Crippen LogP contribution in [-0.4, -0.2) is 19.7 Å². The maximum absolute atomic E-state index is 14.3. The van der Waals surface area contributed by atoms with E-state index in [4.69, 9.17) is 9.47 Å². The van der Waals surface area contributed by atoms with Gasteiger partial charge in [-0.15, -0.1) is 0 Å². The van der Waals surface area contributed by atoms with E-state index in [1.807, 2.05) is 13.8 Å². The van der Waals surface area contributed by atoms with Crippen LogP contribution in [0, 0.1) is 5.82 Å². The van der Waals surface area contributed by atoms with E-state index in [-0.39, 0.29) is 30.3 Å². The fraction of sp³-hybridized carbons (Fsp3) is 0.500. The van der Waals surface area contributed by atoms with E-state index in [2.05, 4.69) is 0 Å². The molecule has 0 heterocycles. The average Bonchev–Trinajstić information content (AvgIpc) is 2.31. The zero-order chi connectivity index (χ0) is 13.7. The van der Waals surface area contributed by atoms with Gasteiger partial charge in [0.05, 0.1) is 20.1 Å². The number of benzene rings is 1. The van der Waals surface area contributed by atoms with Crippen LogP contribution < -0.4 is 4.74 Å². The Bertz CT molecular complexity index is 427. The van der Waals surface area contributed by atoms with Gasteiger partial charge in [-0.3, -0.25) is 4.79 Å². The topological polar surface area (TPSA) is 35.5 Å². The summed E-state index contributed by atoms with van der Waals surface area (Å²) in [6.07, 6.45) is -0.108. The van der Waals surface area contributed by atoms with Crippen molar-refractivity contribution >= 4 is 5.97 Å². The van der Waals surface area contributed by atoms with Gasteiger partial charge in [-0.05, 0) is 24.5 Å². The lowest BCUT2D eigenvalue weighted by molar-refractivity contribution is -0.142. The number of methoxy groups -OCH3 is 1. The molecule has 0 aliphatic rings. The Labute approximate surface area is 107 Å². The predicted octanol–water partition coefficient (Wildman–Crippen LogP) is 3.06. The molecule has 0 saturated carbocycles. The molecule has 0 amide bonds. The van der Waals surface area contributed by atoms with Crippen LogP contribution in [0.1, 0.15) is 37.8 Å². The molecule has 0 aliphatic heterocycles. The van der Waals surface area contributed by atoms with Crippen molar-refractivity contribution < 1.29 is 18.7 Å². The molecule has 0 fully saturated rings. The van der Waals surface area contributed by atoms with Crippen LogP contribution in [0.2, 0.25) is 0 Å². The van der Waals surface area contributed by atoms with Crippen molar-refractivity contribution in [3.05, 3.63) is 29.1 Å². The first-order valence-corrected chi connectivity index (χ1v) is 6.02. The van der Waals surface area contributed by atoms with Crippen LogP contribution in [0.25, 0.3) is 0 Å². The Morgan fingerprint density at radius 1 is 1.39 bits per heavy atom. The van der Waals surface area contributed by atoms with Crippen LogP contribution in [0.3, 0.4) is 0 Å². The van der Waals surface area contributed by atoms with Crippen molar-refractivity contribution in [3.63, 3.8) is 0 Å². The molecule has 18 heavy (non-hydrogen) atoms. The second-order valence-electron chi connectivity index (χ2n) is 4.29. The van der Waals surface area contributed by atoms with Gasteiger partial charge in [-0.1, -0.05) is 19.9 Å². The molecule has 3 nitrogen and oxygen atoms in total. The highest BCUT2D eigenvalue weighted by atomic mass is 19.1. The van der Waals surface area contributed by atoms with Crippen molar-refractivity contribution in [2.75, 3.05) is 13.7 Å². The number of carbonyl (C=O) groups is 1. The zero-order valence-electron chi connectivity index (χ0n) is 11.2. The molecule has 1 aromatic rings. The molecule has 0 saturated heterocycles. The Balaban J connectivity index is 3.13. The zero-order valence-corrected chi connectivity index (χ0v) is 11.2. The van der Waals surface area contributed by atoms with E-state index in [0.29, 0.717) is 11.3 Å². The molecule has 1 aromatic carbocycles. The van der Waals surface area contributed by atoms with Gasteiger partial charge >= 0.3 is 5.97 Å². The van der Waals surface area contributed by atoms with E-state index in [1.54, 1.807) is 19.1 Å². The maximum atomic E-state index is 14.3. The number of rotatable bonds is 5. The minimum atomic E-state index is -0.449. The number of ether oxygens (including phenoxy) is 2. The third-order valence-corrected chi connectivity index (χ3v) is 2.70. The number of hydrogen-bond donors (Lipinski definition) is 0. The molecule has 0 bridgehead atoms. The number of hydrogen-bond acceptors (Lipinski definition) is 3. The highest BCUT2D eigenvalue weighted by molar-refractivity contribution is 5.73. The standard InChI is InChI=1S/C14H19FO3/c1-5-18-13(16)8-11-12(17-4)7-6-10(9(2)3)14(11)15/h6-7,9H,5,8H2,1-4H3. The second kappa shape index (κ2) is 6.38. The van der Waals surface area contributed by atoms with Crippen molar-refractivity contribution in [2.45, 2.75) is 33.1 Å². The summed E-state index contributed by atoms with van der Waals surface area (Å²) in [7, 11) is 1.46. The van der Waals surface area contributed by atoms with E-state index < -0.39 is 5.97 Å². The fourth-order valence-corrected chi connectivity index (χ4v) is 1.78. The number of carbonyl (C=O) groups excluding carboxylic acids is 1. The van der Waals surface area contributed by atoms with Crippen molar-refractivity contribution in [3.8, 4) is 5.75 Å². The summed E-state index contributed by atoms with van der Waals surface area (Å²) >= 11 is 0. The average molecular weight is 254 g/mol. The molecule has 0 spiro atoms. The molecule has 0 aliphatic carbocycles. The number of halogens is 1. The Morgan fingerprint density at radius 2 is 2.06 bits per heavy atom. The van der Waals surface area contributed by atoms with Gasteiger partial charge < -0.3 is 9.47 Å². The van der Waals surface area contributed by atoms with Gasteiger partial charge in [0.2, 0.25) is 0 Å². The van der Waals surface area contributed by atoms with Gasteiger partial charge in [-0.25, -0.2) is 4.39 Å². The lowest BCUT2D eigenvalue weighted by Crippen LogP contribution is -2.11. The summed E-state index contributed by atoms with van der Waals surface area (Å²) < 4.78 is 24.2. The van der Waals surface area contributed by atoms with Crippen LogP contribution in [0.5, 0.6) is 5.75 Å². The van der Waals surface area contributed by atoms with Crippen LogP contribution >= 0.6 is 0 Å². The molecule has 0 atom stereocenters. The molecule has 0 aromatic heterocycles. The van der Waals surface area contributed by atoms with Crippen LogP contribution in [0.4, 0.5) is 4.39 Å². The molecule has 100 valence electrons. The van der Waals surface area contributed by atoms with Crippen molar-refractivity contribution in [1.82, 2.24) is 0 Å². The van der Waals surface area contributed by atoms with E-state index in [0.717, 1.165) is 0 Å². The van der Waals surface area contributed by atoms with Crippen molar-refractivity contribution in [1.29, 1.82) is 0 Å². The smallest absolute Gasteiger partial charge is 0.310 e. The van der Waals surface area contributed by atoms with Crippen LogP contribution in [0.15, 0.2) is 12.1 Å². The third kappa shape index (κ3) is 3.22. The Kier molecular flexibility index (Phi) is 5.13. The normalized spacial score (nSPS) is 10.6. The summed E-state index contributed by atoms with van der Waals surface area (Å²) in [5.74, 6) is -0.394.